The molecule has 0 spiro atoms. The Morgan fingerprint density at radius 3 is 2.31 bits per heavy atom. The summed E-state index contributed by atoms with van der Waals surface area (Å²) in [6.07, 6.45) is 8.95. The van der Waals surface area contributed by atoms with Crippen LogP contribution in [0.4, 0.5) is 0 Å². The van der Waals surface area contributed by atoms with Crippen LogP contribution in [-0.4, -0.2) is 23.8 Å². The summed E-state index contributed by atoms with van der Waals surface area (Å²) < 4.78 is 0. The second-order valence-corrected chi connectivity index (χ2v) is 5.85. The van der Waals surface area contributed by atoms with Crippen LogP contribution in [-0.2, 0) is 0 Å². The van der Waals surface area contributed by atoms with Crippen LogP contribution in [0.1, 0.15) is 65.7 Å². The van der Waals surface area contributed by atoms with Gasteiger partial charge in [-0.25, -0.2) is 0 Å². The van der Waals surface area contributed by atoms with Crippen molar-refractivity contribution in [3.05, 3.63) is 0 Å². The molecule has 0 aromatic carbocycles. The Kier molecular flexibility index (Phi) is 5.77. The summed E-state index contributed by atoms with van der Waals surface area (Å²) in [4.78, 5) is 0. The highest BCUT2D eigenvalue weighted by atomic mass is 16.3. The predicted molar refractivity (Wildman–Crippen MR) is 69.6 cm³/mol. The Balaban J connectivity index is 1.93. The lowest BCUT2D eigenvalue weighted by molar-refractivity contribution is -0.0722. The van der Waals surface area contributed by atoms with Gasteiger partial charge in [0, 0.05) is 11.5 Å². The minimum absolute atomic E-state index is 0.0855. The molecule has 1 saturated carbocycles. The summed E-state index contributed by atoms with van der Waals surface area (Å²) in [6.45, 7) is 7.68. The molecule has 0 aliphatic heterocycles. The first-order chi connectivity index (χ1) is 7.59. The molecule has 16 heavy (non-hydrogen) atoms. The van der Waals surface area contributed by atoms with Crippen molar-refractivity contribution >= 4 is 0 Å². The fourth-order valence-corrected chi connectivity index (χ4v) is 2.43. The summed E-state index contributed by atoms with van der Waals surface area (Å²) in [5.74, 6) is 0. The Morgan fingerprint density at radius 1 is 1.12 bits per heavy atom. The number of rotatable bonds is 8. The second kappa shape index (κ2) is 6.61. The van der Waals surface area contributed by atoms with Gasteiger partial charge in [-0.1, -0.05) is 52.9 Å². The van der Waals surface area contributed by atoms with Gasteiger partial charge < -0.3 is 10.4 Å². The summed E-state index contributed by atoms with van der Waals surface area (Å²) in [6, 6.07) is 0.526. The van der Waals surface area contributed by atoms with Crippen LogP contribution in [0.5, 0.6) is 0 Å². The van der Waals surface area contributed by atoms with Gasteiger partial charge >= 0.3 is 0 Å². The molecule has 0 aromatic rings. The molecule has 2 N–H and O–H groups in total. The van der Waals surface area contributed by atoms with Crippen molar-refractivity contribution in [2.45, 2.75) is 77.9 Å². The van der Waals surface area contributed by atoms with Crippen LogP contribution in [0.15, 0.2) is 0 Å². The van der Waals surface area contributed by atoms with E-state index in [0.29, 0.717) is 6.04 Å². The van der Waals surface area contributed by atoms with Crippen molar-refractivity contribution in [2.24, 2.45) is 5.41 Å². The predicted octanol–water partition coefficient (Wildman–Crippen LogP) is 3.10. The molecular formula is C14H29NO. The molecule has 0 radical (unpaired) electrons. The molecular weight excluding hydrogens is 198 g/mol. The molecule has 1 fully saturated rings. The van der Waals surface area contributed by atoms with E-state index in [2.05, 4.69) is 26.1 Å². The maximum absolute atomic E-state index is 9.61. The highest BCUT2D eigenvalue weighted by molar-refractivity contribution is 5.01. The average molecular weight is 227 g/mol. The first-order valence-electron chi connectivity index (χ1n) is 7.00. The van der Waals surface area contributed by atoms with Gasteiger partial charge in [0.05, 0.1) is 6.10 Å². The molecule has 2 atom stereocenters. The van der Waals surface area contributed by atoms with E-state index in [1.807, 2.05) is 0 Å². The summed E-state index contributed by atoms with van der Waals surface area (Å²) >= 11 is 0. The topological polar surface area (TPSA) is 32.3 Å². The Bertz CT molecular complexity index is 191. The van der Waals surface area contributed by atoms with Gasteiger partial charge in [-0.2, -0.15) is 0 Å². The van der Waals surface area contributed by atoms with Crippen LogP contribution >= 0.6 is 0 Å². The summed E-state index contributed by atoms with van der Waals surface area (Å²) in [5, 5.41) is 13.2. The zero-order valence-corrected chi connectivity index (χ0v) is 11.3. The SMILES string of the molecule is CCCCCCCCNC1CC(O)C1(C)C. The lowest BCUT2D eigenvalue weighted by Gasteiger charge is -2.49. The Labute approximate surface area is 101 Å². The van der Waals surface area contributed by atoms with E-state index in [9.17, 15) is 5.11 Å². The highest BCUT2D eigenvalue weighted by Gasteiger charge is 2.46. The lowest BCUT2D eigenvalue weighted by Crippen LogP contribution is -2.60. The van der Waals surface area contributed by atoms with Gasteiger partial charge in [0.15, 0.2) is 0 Å². The van der Waals surface area contributed by atoms with E-state index in [1.54, 1.807) is 0 Å². The number of hydrogen-bond donors (Lipinski definition) is 2. The average Bonchev–Trinajstić information content (AvgIpc) is 2.26. The van der Waals surface area contributed by atoms with Crippen molar-refractivity contribution in [1.82, 2.24) is 5.32 Å². The molecule has 0 saturated heterocycles. The minimum atomic E-state index is -0.102. The monoisotopic (exact) mass is 227 g/mol. The van der Waals surface area contributed by atoms with Gasteiger partial charge in [-0.05, 0) is 19.4 Å². The third kappa shape index (κ3) is 3.74. The van der Waals surface area contributed by atoms with E-state index >= 15 is 0 Å². The molecule has 1 rings (SSSR count). The molecule has 96 valence electrons. The molecule has 0 aromatic heterocycles. The summed E-state index contributed by atoms with van der Waals surface area (Å²) in [7, 11) is 0. The molecule has 0 bridgehead atoms. The quantitative estimate of drug-likeness (QED) is 0.625. The normalized spacial score (nSPS) is 27.8. The highest BCUT2D eigenvalue weighted by Crippen LogP contribution is 2.40. The van der Waals surface area contributed by atoms with E-state index in [-0.39, 0.29) is 11.5 Å². The molecule has 2 nitrogen and oxygen atoms in total. The zero-order chi connectivity index (χ0) is 12.0. The van der Waals surface area contributed by atoms with Gasteiger partial charge in [0.25, 0.3) is 0 Å². The third-order valence-electron chi connectivity index (χ3n) is 4.14. The standard InChI is InChI=1S/C14H29NO/c1-4-5-6-7-8-9-10-15-12-11-13(16)14(12,2)3/h12-13,15-16H,4-11H2,1-3H3. The summed E-state index contributed by atoms with van der Waals surface area (Å²) in [5.41, 5.74) is 0.0855. The molecule has 0 amide bonds. The molecule has 1 aliphatic rings. The Hall–Kier alpha value is -0.0800. The number of hydrogen-bond acceptors (Lipinski definition) is 2. The fourth-order valence-electron chi connectivity index (χ4n) is 2.43. The van der Waals surface area contributed by atoms with Gasteiger partial charge in [-0.15, -0.1) is 0 Å². The number of nitrogens with one attached hydrogen (secondary N) is 1. The number of aliphatic hydroxyl groups is 1. The van der Waals surface area contributed by atoms with Gasteiger partial charge in [0.2, 0.25) is 0 Å². The molecule has 2 heteroatoms. The maximum Gasteiger partial charge on any atom is 0.0621 e. The smallest absolute Gasteiger partial charge is 0.0621 e. The van der Waals surface area contributed by atoms with Crippen LogP contribution in [0.2, 0.25) is 0 Å². The fraction of sp³-hybridized carbons (Fsp3) is 1.00. The first kappa shape index (κ1) is 14.0. The minimum Gasteiger partial charge on any atom is -0.392 e. The maximum atomic E-state index is 9.61. The van der Waals surface area contributed by atoms with Crippen molar-refractivity contribution in [2.75, 3.05) is 6.54 Å². The molecule has 1 aliphatic carbocycles. The van der Waals surface area contributed by atoms with Crippen LogP contribution < -0.4 is 5.32 Å². The number of aliphatic hydroxyl groups excluding tert-OH is 1. The van der Waals surface area contributed by atoms with Crippen LogP contribution in [0.3, 0.4) is 0 Å². The van der Waals surface area contributed by atoms with E-state index in [1.165, 1.54) is 38.5 Å². The van der Waals surface area contributed by atoms with Crippen molar-refractivity contribution in [3.63, 3.8) is 0 Å². The lowest BCUT2D eigenvalue weighted by atomic mass is 9.64. The van der Waals surface area contributed by atoms with Crippen LogP contribution in [0, 0.1) is 5.41 Å². The van der Waals surface area contributed by atoms with Crippen molar-refractivity contribution < 1.29 is 5.11 Å². The van der Waals surface area contributed by atoms with Gasteiger partial charge in [0.1, 0.15) is 0 Å². The largest absolute Gasteiger partial charge is 0.392 e. The van der Waals surface area contributed by atoms with E-state index in [0.717, 1.165) is 13.0 Å². The van der Waals surface area contributed by atoms with Crippen LogP contribution in [0.25, 0.3) is 0 Å². The van der Waals surface area contributed by atoms with E-state index < -0.39 is 0 Å². The molecule has 0 heterocycles. The zero-order valence-electron chi connectivity index (χ0n) is 11.3. The van der Waals surface area contributed by atoms with E-state index in [4.69, 9.17) is 0 Å². The first-order valence-corrected chi connectivity index (χ1v) is 7.00. The second-order valence-electron chi connectivity index (χ2n) is 5.85. The van der Waals surface area contributed by atoms with Crippen molar-refractivity contribution in [1.29, 1.82) is 0 Å². The van der Waals surface area contributed by atoms with Gasteiger partial charge in [-0.3, -0.25) is 0 Å². The van der Waals surface area contributed by atoms with Crippen molar-refractivity contribution in [3.8, 4) is 0 Å². The third-order valence-corrected chi connectivity index (χ3v) is 4.14. The Morgan fingerprint density at radius 2 is 1.75 bits per heavy atom. The number of unbranched alkanes of at least 4 members (excludes halogenated alkanes) is 5. The molecule has 2 unspecified atom stereocenters.